The van der Waals surface area contributed by atoms with Crippen molar-refractivity contribution < 1.29 is 42.9 Å². The molecule has 2 atom stereocenters. The number of allylic oxidation sites excluding steroid dienone is 4. The summed E-state index contributed by atoms with van der Waals surface area (Å²) in [7, 11) is 5.99. The van der Waals surface area contributed by atoms with E-state index in [9.17, 15) is 19.5 Å². The van der Waals surface area contributed by atoms with Gasteiger partial charge in [0.1, 0.15) is 13.2 Å². The number of unbranched alkanes of at least 4 members (excludes halogenated alkanes) is 47. The maximum Gasteiger partial charge on any atom is 0.361 e. The fraction of sp³-hybridized carbons (Fsp3) is 0.901. The van der Waals surface area contributed by atoms with Gasteiger partial charge < -0.3 is 28.5 Å². The molecule has 1 N–H and O–H groups in total. The lowest BCUT2D eigenvalue weighted by Gasteiger charge is -2.25. The van der Waals surface area contributed by atoms with E-state index >= 15 is 0 Å². The molecule has 0 aliphatic carbocycles. The molecular formula is C71H136NO8+. The first kappa shape index (κ1) is 77.8. The van der Waals surface area contributed by atoms with Gasteiger partial charge >= 0.3 is 17.9 Å². The molecule has 0 bridgehead atoms. The molecule has 0 fully saturated rings. The zero-order valence-electron chi connectivity index (χ0n) is 54.0. The largest absolute Gasteiger partial charge is 0.477 e. The number of rotatable bonds is 66. The van der Waals surface area contributed by atoms with Crippen molar-refractivity contribution in [2.75, 3.05) is 47.5 Å². The number of carboxylic acids is 1. The molecule has 0 aromatic heterocycles. The first-order chi connectivity index (χ1) is 39.1. The lowest BCUT2D eigenvalue weighted by molar-refractivity contribution is -0.870. The van der Waals surface area contributed by atoms with E-state index in [4.69, 9.17) is 18.9 Å². The van der Waals surface area contributed by atoms with E-state index in [1.807, 2.05) is 21.1 Å². The van der Waals surface area contributed by atoms with Crippen molar-refractivity contribution in [2.45, 2.75) is 367 Å². The minimum atomic E-state index is -1.51. The van der Waals surface area contributed by atoms with Crippen molar-refractivity contribution in [3.63, 3.8) is 0 Å². The fourth-order valence-electron chi connectivity index (χ4n) is 10.6. The van der Waals surface area contributed by atoms with Crippen molar-refractivity contribution >= 4 is 17.9 Å². The summed E-state index contributed by atoms with van der Waals surface area (Å²) in [5.74, 6) is -1.98. The van der Waals surface area contributed by atoms with Crippen molar-refractivity contribution in [3.8, 4) is 0 Å². The molecular weight excluding hydrogens is 995 g/mol. The van der Waals surface area contributed by atoms with Crippen LogP contribution in [-0.2, 0) is 33.3 Å². The number of esters is 2. The monoisotopic (exact) mass is 1130 g/mol. The highest BCUT2D eigenvalue weighted by atomic mass is 16.7. The second-order valence-corrected chi connectivity index (χ2v) is 25.2. The fourth-order valence-corrected chi connectivity index (χ4v) is 10.6. The van der Waals surface area contributed by atoms with Crippen LogP contribution < -0.4 is 0 Å². The van der Waals surface area contributed by atoms with Gasteiger partial charge in [0, 0.05) is 12.8 Å². The Morgan fingerprint density at radius 3 is 0.988 bits per heavy atom. The molecule has 80 heavy (non-hydrogen) atoms. The summed E-state index contributed by atoms with van der Waals surface area (Å²) < 4.78 is 23.0. The second kappa shape index (κ2) is 62.8. The number of hydrogen-bond donors (Lipinski definition) is 1. The van der Waals surface area contributed by atoms with Gasteiger partial charge in [-0.15, -0.1) is 0 Å². The SMILES string of the molecule is CCCCCCC/C=C\C/C=C\CCCCCCCCCCCCCC(=O)OC(COC(=O)CCCCCCCCCCCCCCCCCCCCCCCCCCCCCCCCCC)COC(OCC[N+](C)(C)C)C(=O)O. The molecule has 0 aromatic carbocycles. The predicted octanol–water partition coefficient (Wildman–Crippen LogP) is 21.4. The molecule has 9 heteroatoms. The number of carbonyl (C=O) groups is 3. The Balaban J connectivity index is 4.04. The molecule has 2 unspecified atom stereocenters. The molecule has 0 aliphatic heterocycles. The van der Waals surface area contributed by atoms with Crippen LogP contribution in [0.1, 0.15) is 354 Å². The van der Waals surface area contributed by atoms with Crippen LogP contribution in [0.15, 0.2) is 24.3 Å². The summed E-state index contributed by atoms with van der Waals surface area (Å²) in [6.07, 6.45) is 74.4. The lowest BCUT2D eigenvalue weighted by atomic mass is 10.0. The topological polar surface area (TPSA) is 108 Å². The van der Waals surface area contributed by atoms with E-state index in [1.165, 1.54) is 283 Å². The van der Waals surface area contributed by atoms with Crippen LogP contribution in [0.3, 0.4) is 0 Å². The normalized spacial score (nSPS) is 12.8. The highest BCUT2D eigenvalue weighted by Crippen LogP contribution is 2.19. The maximum atomic E-state index is 12.9. The van der Waals surface area contributed by atoms with Gasteiger partial charge in [0.25, 0.3) is 6.29 Å². The molecule has 0 aliphatic rings. The average Bonchev–Trinajstić information content (AvgIpc) is 3.43. The molecule has 0 radical (unpaired) electrons. The predicted molar refractivity (Wildman–Crippen MR) is 341 cm³/mol. The van der Waals surface area contributed by atoms with E-state index in [1.54, 1.807) is 0 Å². The first-order valence-electron chi connectivity index (χ1n) is 35.0. The number of hydrogen-bond acceptors (Lipinski definition) is 7. The standard InChI is InChI=1S/C71H135NO8/c1-6-8-10-12-14-16-18-20-22-24-26-28-30-31-32-33-34-35-36-37-38-40-41-43-45-47-49-51-53-55-57-59-61-68(73)78-65-67(66-79-71(70(75)76)77-64-63-72(3,4)5)80-69(74)62-60-58-56-54-52-50-48-46-44-42-39-29-27-25-23-21-19-17-15-13-11-9-7-2/h19,21,25,27,67,71H,6-18,20,22-24,26,28-66H2,1-5H3/p+1/b21-19-,27-25-. The molecule has 9 nitrogen and oxygen atoms in total. The molecule has 0 spiro atoms. The van der Waals surface area contributed by atoms with E-state index in [2.05, 4.69) is 38.2 Å². The molecule has 0 rings (SSSR count). The van der Waals surface area contributed by atoms with Gasteiger partial charge in [0.15, 0.2) is 6.10 Å². The van der Waals surface area contributed by atoms with Crippen LogP contribution in [0, 0.1) is 0 Å². The molecule has 0 saturated carbocycles. The number of carbonyl (C=O) groups excluding carboxylic acids is 2. The minimum absolute atomic E-state index is 0.177. The zero-order valence-corrected chi connectivity index (χ0v) is 54.0. The van der Waals surface area contributed by atoms with Crippen molar-refractivity contribution in [3.05, 3.63) is 24.3 Å². The van der Waals surface area contributed by atoms with Gasteiger partial charge in [-0.05, 0) is 44.9 Å². The summed E-state index contributed by atoms with van der Waals surface area (Å²) in [5, 5.41) is 9.74. The minimum Gasteiger partial charge on any atom is -0.477 e. The lowest BCUT2D eigenvalue weighted by Crippen LogP contribution is -2.40. The van der Waals surface area contributed by atoms with Crippen LogP contribution >= 0.6 is 0 Å². The summed E-state index contributed by atoms with van der Waals surface area (Å²) in [4.78, 5) is 37.6. The number of aliphatic carboxylic acids is 1. The quantitative estimate of drug-likeness (QED) is 0.0211. The van der Waals surface area contributed by atoms with E-state index in [0.717, 1.165) is 44.9 Å². The van der Waals surface area contributed by atoms with Crippen LogP contribution in [0.2, 0.25) is 0 Å². The highest BCUT2D eigenvalue weighted by Gasteiger charge is 2.25. The van der Waals surface area contributed by atoms with Crippen molar-refractivity contribution in [1.29, 1.82) is 0 Å². The van der Waals surface area contributed by atoms with Crippen molar-refractivity contribution in [1.82, 2.24) is 0 Å². The number of nitrogens with zero attached hydrogens (tertiary/aromatic N) is 1. The Morgan fingerprint density at radius 2 is 0.675 bits per heavy atom. The Hall–Kier alpha value is -2.23. The number of likely N-dealkylation sites (N-methyl/N-ethyl adjacent to an activating group) is 1. The molecule has 0 amide bonds. The van der Waals surface area contributed by atoms with Gasteiger partial charge in [-0.25, -0.2) is 4.79 Å². The smallest absolute Gasteiger partial charge is 0.361 e. The molecule has 0 heterocycles. The van der Waals surface area contributed by atoms with Crippen LogP contribution in [0.25, 0.3) is 0 Å². The van der Waals surface area contributed by atoms with Gasteiger partial charge in [-0.2, -0.15) is 0 Å². The Labute approximate surface area is 497 Å². The Morgan fingerprint density at radius 1 is 0.375 bits per heavy atom. The van der Waals surface area contributed by atoms with Gasteiger partial charge in [-0.1, -0.05) is 321 Å². The summed E-state index contributed by atoms with van der Waals surface area (Å²) in [6, 6.07) is 0. The van der Waals surface area contributed by atoms with Crippen molar-refractivity contribution in [2.24, 2.45) is 0 Å². The molecule has 472 valence electrons. The van der Waals surface area contributed by atoms with E-state index in [-0.39, 0.29) is 38.2 Å². The third-order valence-corrected chi connectivity index (χ3v) is 16.0. The first-order valence-corrected chi connectivity index (χ1v) is 35.0. The molecule has 0 aromatic rings. The summed E-state index contributed by atoms with van der Waals surface area (Å²) >= 11 is 0. The molecule has 0 saturated heterocycles. The zero-order chi connectivity index (χ0) is 58.3. The summed E-state index contributed by atoms with van der Waals surface area (Å²) in [6.45, 7) is 4.93. The Bertz CT molecular complexity index is 1360. The maximum absolute atomic E-state index is 12.9. The average molecular weight is 1130 g/mol. The number of quaternary nitrogens is 1. The van der Waals surface area contributed by atoms with E-state index < -0.39 is 18.4 Å². The number of ether oxygens (including phenoxy) is 4. The van der Waals surface area contributed by atoms with Gasteiger partial charge in [0.2, 0.25) is 0 Å². The van der Waals surface area contributed by atoms with E-state index in [0.29, 0.717) is 17.4 Å². The second-order valence-electron chi connectivity index (χ2n) is 25.2. The number of carboxylic acid groups (broad SMARTS) is 1. The van der Waals surface area contributed by atoms with Crippen LogP contribution in [-0.4, -0.2) is 87.4 Å². The van der Waals surface area contributed by atoms with Crippen LogP contribution in [0.4, 0.5) is 0 Å². The third-order valence-electron chi connectivity index (χ3n) is 16.0. The third kappa shape index (κ3) is 63.4. The van der Waals surface area contributed by atoms with Gasteiger partial charge in [0.05, 0.1) is 34.4 Å². The van der Waals surface area contributed by atoms with Crippen LogP contribution in [0.5, 0.6) is 0 Å². The Kier molecular flexibility index (Phi) is 61.1. The van der Waals surface area contributed by atoms with Gasteiger partial charge in [-0.3, -0.25) is 9.59 Å². The summed E-state index contributed by atoms with van der Waals surface area (Å²) in [5.41, 5.74) is 0. The highest BCUT2D eigenvalue weighted by molar-refractivity contribution is 5.71.